The van der Waals surface area contributed by atoms with Crippen molar-refractivity contribution in [2.75, 3.05) is 6.61 Å². The molecule has 0 amide bonds. The number of rotatable bonds is 7. The Labute approximate surface area is 110 Å². The number of hydrogen-bond donors (Lipinski definition) is 1. The third kappa shape index (κ3) is 5.07. The highest BCUT2D eigenvalue weighted by molar-refractivity contribution is 5.83. The molecular formula is C14H26O4. The maximum Gasteiger partial charge on any atom is 0.312 e. The zero-order chi connectivity index (χ0) is 14.5. The molecule has 106 valence electrons. The predicted octanol–water partition coefficient (Wildman–Crippen LogP) is 2.96. The zero-order valence-electron chi connectivity index (χ0n) is 12.3. The van der Waals surface area contributed by atoms with Gasteiger partial charge in [0.25, 0.3) is 0 Å². The van der Waals surface area contributed by atoms with Crippen molar-refractivity contribution >= 4 is 11.9 Å². The fourth-order valence-corrected chi connectivity index (χ4v) is 1.75. The van der Waals surface area contributed by atoms with Crippen molar-refractivity contribution in [3.05, 3.63) is 0 Å². The fraction of sp³-hybridized carbons (Fsp3) is 0.857. The lowest BCUT2D eigenvalue weighted by Gasteiger charge is -2.30. The van der Waals surface area contributed by atoms with Crippen molar-refractivity contribution in [2.24, 2.45) is 23.2 Å². The number of carboxylic acid groups (broad SMARTS) is 1. The Kier molecular flexibility index (Phi) is 6.36. The molecule has 0 aliphatic rings. The molecule has 0 aliphatic carbocycles. The standard InChI is InChI=1S/C14H26O4/c1-9(2)7-11(12(15)16)14(5,6)13(17)18-8-10(3)4/h9-11H,7-8H2,1-6H3,(H,15,16). The Morgan fingerprint density at radius 2 is 1.61 bits per heavy atom. The molecule has 0 fully saturated rings. The van der Waals surface area contributed by atoms with Gasteiger partial charge in [-0.15, -0.1) is 0 Å². The van der Waals surface area contributed by atoms with Crippen LogP contribution in [-0.4, -0.2) is 23.7 Å². The van der Waals surface area contributed by atoms with Gasteiger partial charge < -0.3 is 9.84 Å². The van der Waals surface area contributed by atoms with Crippen LogP contribution in [0.15, 0.2) is 0 Å². The Morgan fingerprint density at radius 1 is 1.11 bits per heavy atom. The first-order valence-electron chi connectivity index (χ1n) is 6.49. The number of carbonyl (C=O) groups excluding carboxylic acids is 1. The monoisotopic (exact) mass is 258 g/mol. The van der Waals surface area contributed by atoms with E-state index in [1.54, 1.807) is 13.8 Å². The number of esters is 1. The molecule has 0 aromatic rings. The van der Waals surface area contributed by atoms with Crippen molar-refractivity contribution in [1.82, 2.24) is 0 Å². The summed E-state index contributed by atoms with van der Waals surface area (Å²) in [6.07, 6.45) is 0.471. The van der Waals surface area contributed by atoms with Crippen molar-refractivity contribution < 1.29 is 19.4 Å². The van der Waals surface area contributed by atoms with Crippen molar-refractivity contribution in [3.63, 3.8) is 0 Å². The molecule has 1 N–H and O–H groups in total. The third-order valence-electron chi connectivity index (χ3n) is 2.95. The van der Waals surface area contributed by atoms with E-state index in [4.69, 9.17) is 4.74 Å². The molecule has 0 radical (unpaired) electrons. The van der Waals surface area contributed by atoms with Gasteiger partial charge in [-0.25, -0.2) is 0 Å². The summed E-state index contributed by atoms with van der Waals surface area (Å²) in [6, 6.07) is 0. The molecule has 18 heavy (non-hydrogen) atoms. The van der Waals surface area contributed by atoms with Gasteiger partial charge in [-0.05, 0) is 32.1 Å². The minimum absolute atomic E-state index is 0.225. The van der Waals surface area contributed by atoms with Crippen LogP contribution in [-0.2, 0) is 14.3 Å². The first-order valence-corrected chi connectivity index (χ1v) is 6.49. The van der Waals surface area contributed by atoms with Crippen molar-refractivity contribution in [2.45, 2.75) is 48.0 Å². The summed E-state index contributed by atoms with van der Waals surface area (Å²) in [5.74, 6) is -1.60. The van der Waals surface area contributed by atoms with Crippen LogP contribution < -0.4 is 0 Å². The summed E-state index contributed by atoms with van der Waals surface area (Å²) in [7, 11) is 0. The highest BCUT2D eigenvalue weighted by Gasteiger charge is 2.42. The van der Waals surface area contributed by atoms with Crippen LogP contribution in [0.1, 0.15) is 48.0 Å². The second-order valence-electron chi connectivity index (χ2n) is 6.23. The molecule has 0 saturated carbocycles. The SMILES string of the molecule is CC(C)COC(=O)C(C)(C)C(CC(C)C)C(=O)O. The van der Waals surface area contributed by atoms with Crippen LogP contribution in [0.25, 0.3) is 0 Å². The minimum atomic E-state index is -0.995. The van der Waals surface area contributed by atoms with Crippen LogP contribution in [0.4, 0.5) is 0 Å². The van der Waals surface area contributed by atoms with Gasteiger partial charge in [-0.1, -0.05) is 27.7 Å². The van der Waals surface area contributed by atoms with E-state index in [9.17, 15) is 14.7 Å². The molecule has 0 aromatic heterocycles. The quantitative estimate of drug-likeness (QED) is 0.713. The Bertz CT molecular complexity index is 292. The normalized spacial score (nSPS) is 13.8. The van der Waals surface area contributed by atoms with Gasteiger partial charge in [0.05, 0.1) is 17.9 Å². The zero-order valence-corrected chi connectivity index (χ0v) is 12.3. The molecule has 0 spiro atoms. The Balaban J connectivity index is 4.82. The van der Waals surface area contributed by atoms with Gasteiger partial charge in [-0.2, -0.15) is 0 Å². The highest BCUT2D eigenvalue weighted by atomic mass is 16.5. The Morgan fingerprint density at radius 3 is 1.94 bits per heavy atom. The van der Waals surface area contributed by atoms with Crippen LogP contribution >= 0.6 is 0 Å². The van der Waals surface area contributed by atoms with E-state index in [-0.39, 0.29) is 11.8 Å². The van der Waals surface area contributed by atoms with Crippen LogP contribution in [0.5, 0.6) is 0 Å². The average molecular weight is 258 g/mol. The third-order valence-corrected chi connectivity index (χ3v) is 2.95. The van der Waals surface area contributed by atoms with Crippen molar-refractivity contribution in [3.8, 4) is 0 Å². The summed E-state index contributed by atoms with van der Waals surface area (Å²) in [5.41, 5.74) is -0.995. The number of carbonyl (C=O) groups is 2. The predicted molar refractivity (Wildman–Crippen MR) is 70.2 cm³/mol. The van der Waals surface area contributed by atoms with Crippen LogP contribution in [0, 0.1) is 23.2 Å². The molecule has 1 unspecified atom stereocenters. The van der Waals surface area contributed by atoms with E-state index in [2.05, 4.69) is 0 Å². The van der Waals surface area contributed by atoms with Gasteiger partial charge >= 0.3 is 11.9 Å². The number of ether oxygens (including phenoxy) is 1. The van der Waals surface area contributed by atoms with E-state index < -0.39 is 23.3 Å². The van der Waals surface area contributed by atoms with Crippen LogP contribution in [0.2, 0.25) is 0 Å². The summed E-state index contributed by atoms with van der Waals surface area (Å²) in [4.78, 5) is 23.3. The van der Waals surface area contributed by atoms with E-state index in [0.29, 0.717) is 13.0 Å². The molecule has 4 heteroatoms. The Hall–Kier alpha value is -1.06. The molecule has 0 bridgehead atoms. The number of aliphatic carboxylic acids is 1. The van der Waals surface area contributed by atoms with Gasteiger partial charge in [0.1, 0.15) is 0 Å². The molecule has 0 rings (SSSR count). The maximum atomic E-state index is 12.0. The fourth-order valence-electron chi connectivity index (χ4n) is 1.75. The second-order valence-corrected chi connectivity index (χ2v) is 6.23. The maximum absolute atomic E-state index is 12.0. The molecule has 0 aromatic carbocycles. The molecular weight excluding hydrogens is 232 g/mol. The smallest absolute Gasteiger partial charge is 0.312 e. The first-order chi connectivity index (χ1) is 8.09. The summed E-state index contributed by atoms with van der Waals surface area (Å²) < 4.78 is 5.18. The van der Waals surface area contributed by atoms with E-state index in [1.807, 2.05) is 27.7 Å². The first kappa shape index (κ1) is 16.9. The largest absolute Gasteiger partial charge is 0.481 e. The van der Waals surface area contributed by atoms with Gasteiger partial charge in [0.15, 0.2) is 0 Å². The number of hydrogen-bond acceptors (Lipinski definition) is 3. The topological polar surface area (TPSA) is 63.6 Å². The van der Waals surface area contributed by atoms with Crippen LogP contribution in [0.3, 0.4) is 0 Å². The second kappa shape index (κ2) is 6.76. The van der Waals surface area contributed by atoms with Gasteiger partial charge in [0, 0.05) is 0 Å². The summed E-state index contributed by atoms with van der Waals surface area (Å²) in [6.45, 7) is 11.4. The van der Waals surface area contributed by atoms with Gasteiger partial charge in [-0.3, -0.25) is 9.59 Å². The van der Waals surface area contributed by atoms with E-state index >= 15 is 0 Å². The molecule has 0 heterocycles. The highest BCUT2D eigenvalue weighted by Crippen LogP contribution is 2.33. The summed E-state index contributed by atoms with van der Waals surface area (Å²) in [5, 5.41) is 9.28. The van der Waals surface area contributed by atoms with E-state index in [1.165, 1.54) is 0 Å². The minimum Gasteiger partial charge on any atom is -0.481 e. The average Bonchev–Trinajstić information content (AvgIpc) is 2.21. The van der Waals surface area contributed by atoms with Gasteiger partial charge in [0.2, 0.25) is 0 Å². The van der Waals surface area contributed by atoms with E-state index in [0.717, 1.165) is 0 Å². The molecule has 0 saturated heterocycles. The summed E-state index contributed by atoms with van der Waals surface area (Å²) >= 11 is 0. The van der Waals surface area contributed by atoms with Crippen molar-refractivity contribution in [1.29, 1.82) is 0 Å². The lowest BCUT2D eigenvalue weighted by Crippen LogP contribution is -2.40. The molecule has 1 atom stereocenters. The lowest BCUT2D eigenvalue weighted by molar-refractivity contribution is -0.166. The number of carboxylic acids is 1. The molecule has 4 nitrogen and oxygen atoms in total. The molecule has 0 aliphatic heterocycles. The lowest BCUT2D eigenvalue weighted by atomic mass is 9.75.